The standard InChI is InChI=1S/C13H15F2NO4/c14-13(15)20-10-3-1-9(2-4-10)11-7-16(5-6-19-11)12(18)8-17/h1-4,11,13,17H,5-8H2. The van der Waals surface area contributed by atoms with Gasteiger partial charge in [0, 0.05) is 6.54 Å². The van der Waals surface area contributed by atoms with Crippen LogP contribution in [-0.2, 0) is 9.53 Å². The van der Waals surface area contributed by atoms with Crippen molar-refractivity contribution in [2.45, 2.75) is 12.7 Å². The lowest BCUT2D eigenvalue weighted by atomic mass is 10.1. The number of benzene rings is 1. The average molecular weight is 287 g/mol. The number of ether oxygens (including phenoxy) is 2. The molecule has 1 fully saturated rings. The minimum absolute atomic E-state index is 0.0721. The van der Waals surface area contributed by atoms with E-state index >= 15 is 0 Å². The van der Waals surface area contributed by atoms with Crippen LogP contribution in [0.3, 0.4) is 0 Å². The molecule has 1 heterocycles. The van der Waals surface area contributed by atoms with Gasteiger partial charge < -0.3 is 19.5 Å². The third-order valence-corrected chi connectivity index (χ3v) is 3.03. The summed E-state index contributed by atoms with van der Waals surface area (Å²) in [5.41, 5.74) is 0.766. The highest BCUT2D eigenvalue weighted by atomic mass is 19.3. The van der Waals surface area contributed by atoms with Gasteiger partial charge in [-0.25, -0.2) is 0 Å². The van der Waals surface area contributed by atoms with Gasteiger partial charge in [-0.05, 0) is 17.7 Å². The second-order valence-corrected chi connectivity index (χ2v) is 4.30. The Balaban J connectivity index is 2.01. The number of aliphatic hydroxyl groups is 1. The lowest BCUT2D eigenvalue weighted by molar-refractivity contribution is -0.141. The van der Waals surface area contributed by atoms with Gasteiger partial charge in [0.1, 0.15) is 18.5 Å². The number of aliphatic hydroxyl groups excluding tert-OH is 1. The normalized spacial score (nSPS) is 19.2. The van der Waals surface area contributed by atoms with Crippen molar-refractivity contribution in [2.24, 2.45) is 0 Å². The van der Waals surface area contributed by atoms with Crippen LogP contribution < -0.4 is 4.74 Å². The molecule has 1 aliphatic heterocycles. The summed E-state index contributed by atoms with van der Waals surface area (Å²) in [6.07, 6.45) is -0.333. The van der Waals surface area contributed by atoms with E-state index < -0.39 is 13.2 Å². The van der Waals surface area contributed by atoms with Crippen molar-refractivity contribution in [1.29, 1.82) is 0 Å². The summed E-state index contributed by atoms with van der Waals surface area (Å²) in [4.78, 5) is 12.9. The predicted octanol–water partition coefficient (Wildman–Crippen LogP) is 1.18. The molecule has 1 unspecified atom stereocenters. The minimum atomic E-state index is -2.86. The van der Waals surface area contributed by atoms with Crippen molar-refractivity contribution >= 4 is 5.91 Å². The van der Waals surface area contributed by atoms with Gasteiger partial charge in [-0.3, -0.25) is 4.79 Å². The molecule has 1 aromatic carbocycles. The number of alkyl halides is 2. The second kappa shape index (κ2) is 6.62. The van der Waals surface area contributed by atoms with Crippen molar-refractivity contribution in [3.05, 3.63) is 29.8 Å². The predicted molar refractivity (Wildman–Crippen MR) is 65.4 cm³/mol. The molecule has 1 saturated heterocycles. The van der Waals surface area contributed by atoms with E-state index in [2.05, 4.69) is 4.74 Å². The summed E-state index contributed by atoms with van der Waals surface area (Å²) < 4.78 is 33.9. The van der Waals surface area contributed by atoms with Gasteiger partial charge in [-0.1, -0.05) is 12.1 Å². The van der Waals surface area contributed by atoms with Crippen LogP contribution in [-0.4, -0.2) is 48.8 Å². The summed E-state index contributed by atoms with van der Waals surface area (Å²) in [6, 6.07) is 6.10. The Kier molecular flexibility index (Phi) is 4.86. The fraction of sp³-hybridized carbons (Fsp3) is 0.462. The molecule has 7 heteroatoms. The number of nitrogens with zero attached hydrogens (tertiary/aromatic N) is 1. The van der Waals surface area contributed by atoms with Crippen molar-refractivity contribution < 1.29 is 28.2 Å². The Bertz CT molecular complexity index is 452. The molecule has 0 bridgehead atoms. The average Bonchev–Trinajstić information content (AvgIpc) is 2.47. The van der Waals surface area contributed by atoms with Crippen molar-refractivity contribution in [2.75, 3.05) is 26.3 Å². The first-order valence-corrected chi connectivity index (χ1v) is 6.15. The van der Waals surface area contributed by atoms with Gasteiger partial charge in [0.2, 0.25) is 5.91 Å². The van der Waals surface area contributed by atoms with E-state index in [0.717, 1.165) is 5.56 Å². The molecule has 0 aliphatic carbocycles. The maximum atomic E-state index is 12.0. The SMILES string of the molecule is O=C(CO)N1CCOC(c2ccc(OC(F)F)cc2)C1. The number of hydrogen-bond donors (Lipinski definition) is 1. The van der Waals surface area contributed by atoms with E-state index in [1.54, 1.807) is 12.1 Å². The molecule has 1 N–H and O–H groups in total. The molecular formula is C13H15F2NO4. The van der Waals surface area contributed by atoms with Crippen LogP contribution in [0.4, 0.5) is 8.78 Å². The Morgan fingerprint density at radius 3 is 2.75 bits per heavy atom. The number of amides is 1. The summed E-state index contributed by atoms with van der Waals surface area (Å²) in [7, 11) is 0. The zero-order chi connectivity index (χ0) is 14.5. The first-order valence-electron chi connectivity index (χ1n) is 6.15. The Labute approximate surface area is 114 Å². The lowest BCUT2D eigenvalue weighted by Crippen LogP contribution is -2.43. The number of morpholine rings is 1. The summed E-state index contributed by atoms with van der Waals surface area (Å²) in [6.45, 7) is -2.26. The maximum Gasteiger partial charge on any atom is 0.387 e. The molecule has 0 saturated carbocycles. The molecule has 2 rings (SSSR count). The monoisotopic (exact) mass is 287 g/mol. The van der Waals surface area contributed by atoms with E-state index in [4.69, 9.17) is 9.84 Å². The van der Waals surface area contributed by atoms with Crippen LogP contribution in [0.1, 0.15) is 11.7 Å². The summed E-state index contributed by atoms with van der Waals surface area (Å²) in [5, 5.41) is 8.84. The highest BCUT2D eigenvalue weighted by molar-refractivity contribution is 5.77. The van der Waals surface area contributed by atoms with Crippen LogP contribution in [0, 0.1) is 0 Å². The van der Waals surface area contributed by atoms with Crippen LogP contribution in [0.15, 0.2) is 24.3 Å². The van der Waals surface area contributed by atoms with Crippen molar-refractivity contribution in [3.8, 4) is 5.75 Å². The largest absolute Gasteiger partial charge is 0.435 e. The van der Waals surface area contributed by atoms with Crippen molar-refractivity contribution in [1.82, 2.24) is 4.90 Å². The molecule has 20 heavy (non-hydrogen) atoms. The molecular weight excluding hydrogens is 272 g/mol. The number of carbonyl (C=O) groups excluding carboxylic acids is 1. The summed E-state index contributed by atoms with van der Waals surface area (Å²) in [5.74, 6) is -0.279. The maximum absolute atomic E-state index is 12.0. The highest BCUT2D eigenvalue weighted by Crippen LogP contribution is 2.24. The quantitative estimate of drug-likeness (QED) is 0.903. The van der Waals surface area contributed by atoms with E-state index in [-0.39, 0.29) is 17.8 Å². The number of carbonyl (C=O) groups is 1. The van der Waals surface area contributed by atoms with Crippen LogP contribution in [0.25, 0.3) is 0 Å². The molecule has 0 aromatic heterocycles. The molecule has 0 radical (unpaired) electrons. The van der Waals surface area contributed by atoms with Gasteiger partial charge in [-0.2, -0.15) is 8.78 Å². The van der Waals surface area contributed by atoms with Gasteiger partial charge in [0.25, 0.3) is 0 Å². The van der Waals surface area contributed by atoms with Gasteiger partial charge >= 0.3 is 6.61 Å². The Morgan fingerprint density at radius 2 is 2.15 bits per heavy atom. The third kappa shape index (κ3) is 3.64. The van der Waals surface area contributed by atoms with E-state index in [9.17, 15) is 13.6 Å². The first kappa shape index (κ1) is 14.7. The molecule has 1 amide bonds. The molecule has 110 valence electrons. The van der Waals surface area contributed by atoms with Gasteiger partial charge in [0.15, 0.2) is 0 Å². The fourth-order valence-electron chi connectivity index (χ4n) is 2.04. The molecule has 1 aromatic rings. The molecule has 1 atom stereocenters. The van der Waals surface area contributed by atoms with Gasteiger partial charge in [-0.15, -0.1) is 0 Å². The van der Waals surface area contributed by atoms with E-state index in [1.807, 2.05) is 0 Å². The molecule has 1 aliphatic rings. The zero-order valence-corrected chi connectivity index (χ0v) is 10.7. The smallest absolute Gasteiger partial charge is 0.387 e. The van der Waals surface area contributed by atoms with Crippen LogP contribution >= 0.6 is 0 Å². The van der Waals surface area contributed by atoms with E-state index in [0.29, 0.717) is 19.7 Å². The summed E-state index contributed by atoms with van der Waals surface area (Å²) >= 11 is 0. The molecule has 0 spiro atoms. The number of hydrogen-bond acceptors (Lipinski definition) is 4. The zero-order valence-electron chi connectivity index (χ0n) is 10.7. The second-order valence-electron chi connectivity index (χ2n) is 4.30. The Morgan fingerprint density at radius 1 is 1.45 bits per heavy atom. The topological polar surface area (TPSA) is 59.0 Å². The molecule has 5 nitrogen and oxygen atoms in total. The highest BCUT2D eigenvalue weighted by Gasteiger charge is 2.24. The first-order chi connectivity index (χ1) is 9.60. The van der Waals surface area contributed by atoms with Crippen LogP contribution in [0.2, 0.25) is 0 Å². The minimum Gasteiger partial charge on any atom is -0.435 e. The number of halogens is 2. The number of rotatable bonds is 4. The van der Waals surface area contributed by atoms with E-state index in [1.165, 1.54) is 17.0 Å². The van der Waals surface area contributed by atoms with Crippen LogP contribution in [0.5, 0.6) is 5.75 Å². The fourth-order valence-corrected chi connectivity index (χ4v) is 2.04. The van der Waals surface area contributed by atoms with Crippen molar-refractivity contribution in [3.63, 3.8) is 0 Å². The van der Waals surface area contributed by atoms with Gasteiger partial charge in [0.05, 0.1) is 13.2 Å². The Hall–Kier alpha value is -1.73. The lowest BCUT2D eigenvalue weighted by Gasteiger charge is -2.32. The third-order valence-electron chi connectivity index (χ3n) is 3.03.